The summed E-state index contributed by atoms with van der Waals surface area (Å²) >= 11 is 0. The summed E-state index contributed by atoms with van der Waals surface area (Å²) in [4.78, 5) is 18.9. The average molecular weight is 335 g/mol. The van der Waals surface area contributed by atoms with Gasteiger partial charge in [0.25, 0.3) is 0 Å². The van der Waals surface area contributed by atoms with E-state index in [2.05, 4.69) is 35.6 Å². The second-order valence-electron chi connectivity index (χ2n) is 5.84. The van der Waals surface area contributed by atoms with Crippen molar-refractivity contribution < 1.29 is 4.79 Å². The second-order valence-corrected chi connectivity index (χ2v) is 5.84. The quantitative estimate of drug-likeness (QED) is 0.679. The van der Waals surface area contributed by atoms with Crippen LogP contribution >= 0.6 is 0 Å². The largest absolute Gasteiger partial charge is 0.346 e. The highest BCUT2D eigenvalue weighted by Gasteiger charge is 2.17. The summed E-state index contributed by atoms with van der Waals surface area (Å²) in [6.45, 7) is 9.07. The summed E-state index contributed by atoms with van der Waals surface area (Å²) in [5.74, 6) is -0.0321. The van der Waals surface area contributed by atoms with Crippen molar-refractivity contribution in [1.82, 2.24) is 15.2 Å². The SMILES string of the molecule is C=CCN(CC=C)CC(=O)NC(Cc1ccccc1)c1ccccn1. The van der Waals surface area contributed by atoms with Crippen LogP contribution in [0.4, 0.5) is 0 Å². The lowest BCUT2D eigenvalue weighted by Crippen LogP contribution is -2.39. The van der Waals surface area contributed by atoms with Crippen molar-refractivity contribution in [3.63, 3.8) is 0 Å². The first-order chi connectivity index (χ1) is 12.2. The molecule has 0 aliphatic heterocycles. The number of nitrogens with one attached hydrogen (secondary N) is 1. The summed E-state index contributed by atoms with van der Waals surface area (Å²) in [6.07, 6.45) is 6.03. The van der Waals surface area contributed by atoms with Crippen LogP contribution in [0.15, 0.2) is 80.0 Å². The Hall–Kier alpha value is -2.72. The van der Waals surface area contributed by atoms with Gasteiger partial charge in [-0.1, -0.05) is 48.6 Å². The van der Waals surface area contributed by atoms with E-state index in [0.717, 1.165) is 11.3 Å². The predicted octanol–water partition coefficient (Wildman–Crippen LogP) is 3.16. The minimum Gasteiger partial charge on any atom is -0.346 e. The van der Waals surface area contributed by atoms with Crippen LogP contribution in [0.3, 0.4) is 0 Å². The highest BCUT2D eigenvalue weighted by atomic mass is 16.2. The number of nitrogens with zero attached hydrogens (tertiary/aromatic N) is 2. The molecular formula is C21H25N3O. The van der Waals surface area contributed by atoms with Crippen LogP contribution in [0.1, 0.15) is 17.3 Å². The smallest absolute Gasteiger partial charge is 0.234 e. The highest BCUT2D eigenvalue weighted by Crippen LogP contribution is 2.16. The number of hydrogen-bond acceptors (Lipinski definition) is 3. The molecule has 1 N–H and O–H groups in total. The molecule has 1 unspecified atom stereocenters. The fourth-order valence-corrected chi connectivity index (χ4v) is 2.67. The molecular weight excluding hydrogens is 310 g/mol. The zero-order chi connectivity index (χ0) is 17.9. The Morgan fingerprint density at radius 2 is 1.76 bits per heavy atom. The molecule has 0 fully saturated rings. The van der Waals surface area contributed by atoms with E-state index in [4.69, 9.17) is 0 Å². The molecule has 1 heterocycles. The van der Waals surface area contributed by atoms with Crippen molar-refractivity contribution in [2.24, 2.45) is 0 Å². The minimum absolute atomic E-state index is 0.0321. The molecule has 0 radical (unpaired) electrons. The van der Waals surface area contributed by atoms with Gasteiger partial charge in [0.1, 0.15) is 0 Å². The molecule has 0 aliphatic rings. The van der Waals surface area contributed by atoms with E-state index in [1.807, 2.05) is 41.3 Å². The van der Waals surface area contributed by atoms with Crippen LogP contribution in [0.5, 0.6) is 0 Å². The Morgan fingerprint density at radius 1 is 1.08 bits per heavy atom. The molecule has 0 aliphatic carbocycles. The van der Waals surface area contributed by atoms with Crippen molar-refractivity contribution in [1.29, 1.82) is 0 Å². The van der Waals surface area contributed by atoms with Gasteiger partial charge in [-0.3, -0.25) is 14.7 Å². The van der Waals surface area contributed by atoms with E-state index in [1.165, 1.54) is 0 Å². The van der Waals surface area contributed by atoms with E-state index >= 15 is 0 Å². The monoisotopic (exact) mass is 335 g/mol. The molecule has 0 saturated carbocycles. The molecule has 25 heavy (non-hydrogen) atoms. The molecule has 0 saturated heterocycles. The molecule has 2 rings (SSSR count). The molecule has 4 heteroatoms. The molecule has 1 aromatic carbocycles. The van der Waals surface area contributed by atoms with Crippen LogP contribution in [0, 0.1) is 0 Å². The molecule has 4 nitrogen and oxygen atoms in total. The van der Waals surface area contributed by atoms with E-state index in [-0.39, 0.29) is 11.9 Å². The zero-order valence-electron chi connectivity index (χ0n) is 14.5. The van der Waals surface area contributed by atoms with E-state index in [0.29, 0.717) is 26.1 Å². The Kier molecular flexibility index (Phi) is 7.60. The maximum absolute atomic E-state index is 12.5. The lowest BCUT2D eigenvalue weighted by molar-refractivity contribution is -0.122. The van der Waals surface area contributed by atoms with E-state index < -0.39 is 0 Å². The van der Waals surface area contributed by atoms with Crippen LogP contribution in [0.2, 0.25) is 0 Å². The third-order valence-corrected chi connectivity index (χ3v) is 3.80. The fourth-order valence-electron chi connectivity index (χ4n) is 2.67. The molecule has 0 spiro atoms. The number of aromatic nitrogens is 1. The second kappa shape index (κ2) is 10.2. The lowest BCUT2D eigenvalue weighted by Gasteiger charge is -2.22. The topological polar surface area (TPSA) is 45.2 Å². The molecule has 1 atom stereocenters. The van der Waals surface area contributed by atoms with Crippen LogP contribution in [0.25, 0.3) is 0 Å². The van der Waals surface area contributed by atoms with Gasteiger partial charge in [0.15, 0.2) is 0 Å². The first kappa shape index (κ1) is 18.6. The van der Waals surface area contributed by atoms with Gasteiger partial charge < -0.3 is 5.32 Å². The van der Waals surface area contributed by atoms with Gasteiger partial charge in [0.2, 0.25) is 5.91 Å². The van der Waals surface area contributed by atoms with Gasteiger partial charge in [-0.25, -0.2) is 0 Å². The zero-order valence-corrected chi connectivity index (χ0v) is 14.5. The number of hydrogen-bond donors (Lipinski definition) is 1. The number of amides is 1. The Labute approximate surface area is 149 Å². The van der Waals surface area contributed by atoms with Gasteiger partial charge in [0, 0.05) is 19.3 Å². The summed E-state index contributed by atoms with van der Waals surface area (Å²) in [5, 5.41) is 3.12. The van der Waals surface area contributed by atoms with Crippen molar-refractivity contribution in [3.8, 4) is 0 Å². The Balaban J connectivity index is 2.08. The first-order valence-electron chi connectivity index (χ1n) is 8.41. The molecule has 1 amide bonds. The summed E-state index contributed by atoms with van der Waals surface area (Å²) in [7, 11) is 0. The number of rotatable bonds is 10. The molecule has 1 aromatic heterocycles. The third-order valence-electron chi connectivity index (χ3n) is 3.80. The number of carbonyl (C=O) groups excluding carboxylic acids is 1. The van der Waals surface area contributed by atoms with Gasteiger partial charge >= 0.3 is 0 Å². The summed E-state index contributed by atoms with van der Waals surface area (Å²) in [5.41, 5.74) is 2.02. The van der Waals surface area contributed by atoms with E-state index in [9.17, 15) is 4.79 Å². The predicted molar refractivity (Wildman–Crippen MR) is 102 cm³/mol. The van der Waals surface area contributed by atoms with Crippen molar-refractivity contribution in [2.45, 2.75) is 12.5 Å². The van der Waals surface area contributed by atoms with Crippen LogP contribution in [-0.4, -0.2) is 35.4 Å². The Morgan fingerprint density at radius 3 is 2.36 bits per heavy atom. The average Bonchev–Trinajstić information content (AvgIpc) is 2.63. The molecule has 2 aromatic rings. The number of pyridine rings is 1. The van der Waals surface area contributed by atoms with E-state index in [1.54, 1.807) is 18.3 Å². The van der Waals surface area contributed by atoms with Gasteiger partial charge in [-0.05, 0) is 24.1 Å². The molecule has 0 bridgehead atoms. The van der Waals surface area contributed by atoms with Gasteiger partial charge in [0.05, 0.1) is 18.3 Å². The standard InChI is InChI=1S/C21H25N3O/c1-3-14-24(15-4-2)17-21(25)23-20(19-12-8-9-13-22-19)16-18-10-6-5-7-11-18/h3-13,20H,1-2,14-17H2,(H,23,25). The number of benzene rings is 1. The van der Waals surface area contributed by atoms with Crippen molar-refractivity contribution in [3.05, 3.63) is 91.3 Å². The number of carbonyl (C=O) groups is 1. The van der Waals surface area contributed by atoms with Crippen LogP contribution < -0.4 is 5.32 Å². The van der Waals surface area contributed by atoms with Gasteiger partial charge in [-0.15, -0.1) is 13.2 Å². The third kappa shape index (κ3) is 6.36. The summed E-state index contributed by atoms with van der Waals surface area (Å²) < 4.78 is 0. The Bertz CT molecular complexity index is 660. The maximum Gasteiger partial charge on any atom is 0.234 e. The normalized spacial score (nSPS) is 11.7. The molecule has 130 valence electrons. The maximum atomic E-state index is 12.5. The fraction of sp³-hybridized carbons (Fsp3) is 0.238. The van der Waals surface area contributed by atoms with Crippen LogP contribution in [-0.2, 0) is 11.2 Å². The lowest BCUT2D eigenvalue weighted by atomic mass is 10.0. The van der Waals surface area contributed by atoms with Gasteiger partial charge in [-0.2, -0.15) is 0 Å². The first-order valence-corrected chi connectivity index (χ1v) is 8.41. The highest BCUT2D eigenvalue weighted by molar-refractivity contribution is 5.78. The van der Waals surface area contributed by atoms with Crippen molar-refractivity contribution >= 4 is 5.91 Å². The minimum atomic E-state index is -0.162. The summed E-state index contributed by atoms with van der Waals surface area (Å²) in [6, 6.07) is 15.7. The van der Waals surface area contributed by atoms with Crippen molar-refractivity contribution in [2.75, 3.05) is 19.6 Å².